The number of amides is 1. The lowest BCUT2D eigenvalue weighted by molar-refractivity contribution is 0.102. The Morgan fingerprint density at radius 1 is 1.25 bits per heavy atom. The van der Waals surface area contributed by atoms with Crippen LogP contribution in [-0.4, -0.2) is 16.0 Å². The molecule has 0 aliphatic heterocycles. The summed E-state index contributed by atoms with van der Waals surface area (Å²) in [5.41, 5.74) is 2.19. The third-order valence-electron chi connectivity index (χ3n) is 4.05. The molecule has 0 unspecified atom stereocenters. The quantitative estimate of drug-likeness (QED) is 0.790. The second kappa shape index (κ2) is 5.36. The van der Waals surface area contributed by atoms with Gasteiger partial charge in [0.1, 0.15) is 0 Å². The summed E-state index contributed by atoms with van der Waals surface area (Å²) in [5, 5.41) is 6.97. The summed E-state index contributed by atoms with van der Waals surface area (Å²) in [7, 11) is 0. The highest BCUT2D eigenvalue weighted by Crippen LogP contribution is 2.40. The second-order valence-corrected chi connectivity index (χ2v) is 5.90. The Morgan fingerprint density at radius 2 is 2.04 bits per heavy atom. The predicted molar refractivity (Wildman–Crippen MR) is 82.8 cm³/mol. The van der Waals surface area contributed by atoms with Crippen LogP contribution in [0.3, 0.4) is 0 Å². The first-order chi connectivity index (χ1) is 11.5. The average molecular weight is 329 g/mol. The molecule has 2 aromatic heterocycles. The molecule has 24 heavy (non-hydrogen) atoms. The smallest absolute Gasteiger partial charge is 0.259 e. The molecule has 0 atom stereocenters. The number of nitrogens with zero attached hydrogens (tertiary/aromatic N) is 2. The van der Waals surface area contributed by atoms with Gasteiger partial charge < -0.3 is 9.84 Å². The number of nitrogens with one attached hydrogen (secondary N) is 1. The van der Waals surface area contributed by atoms with E-state index in [-0.39, 0.29) is 5.69 Å². The number of carbonyl (C=O) groups excluding carboxylic acids is 1. The van der Waals surface area contributed by atoms with E-state index in [4.69, 9.17) is 4.52 Å². The third kappa shape index (κ3) is 2.51. The SMILES string of the molecule is Cc1noc2nc(C3CC3)cc(C(=O)Nc3ccc(F)c(F)c3)c12. The summed E-state index contributed by atoms with van der Waals surface area (Å²) in [6.45, 7) is 1.72. The van der Waals surface area contributed by atoms with Gasteiger partial charge in [0.05, 0.1) is 16.6 Å². The molecule has 122 valence electrons. The maximum atomic E-state index is 13.3. The lowest BCUT2D eigenvalue weighted by atomic mass is 10.1. The van der Waals surface area contributed by atoms with Crippen LogP contribution in [0.15, 0.2) is 28.8 Å². The number of hydrogen-bond acceptors (Lipinski definition) is 4. The van der Waals surface area contributed by atoms with Gasteiger partial charge in [-0.25, -0.2) is 13.8 Å². The van der Waals surface area contributed by atoms with E-state index in [1.165, 1.54) is 6.07 Å². The highest BCUT2D eigenvalue weighted by molar-refractivity contribution is 6.12. The molecule has 1 amide bonds. The molecule has 1 saturated carbocycles. The molecule has 3 aromatic rings. The van der Waals surface area contributed by atoms with Crippen LogP contribution >= 0.6 is 0 Å². The van der Waals surface area contributed by atoms with Crippen LogP contribution in [0.5, 0.6) is 0 Å². The molecular weight excluding hydrogens is 316 g/mol. The number of pyridine rings is 1. The molecule has 4 rings (SSSR count). The van der Waals surface area contributed by atoms with Crippen molar-refractivity contribution in [1.29, 1.82) is 0 Å². The molecule has 1 aliphatic carbocycles. The van der Waals surface area contributed by atoms with Crippen molar-refractivity contribution in [2.45, 2.75) is 25.7 Å². The minimum Gasteiger partial charge on any atom is -0.336 e. The number of fused-ring (bicyclic) bond motifs is 1. The zero-order valence-electron chi connectivity index (χ0n) is 12.8. The zero-order valence-corrected chi connectivity index (χ0v) is 12.8. The molecule has 7 heteroatoms. The number of aromatic nitrogens is 2. The van der Waals surface area contributed by atoms with Crippen LogP contribution in [0.25, 0.3) is 11.1 Å². The fourth-order valence-corrected chi connectivity index (χ4v) is 2.65. The molecule has 0 radical (unpaired) electrons. The minimum atomic E-state index is -1.02. The van der Waals surface area contributed by atoms with Gasteiger partial charge in [0.15, 0.2) is 11.6 Å². The van der Waals surface area contributed by atoms with E-state index in [1.807, 2.05) is 0 Å². The van der Waals surface area contributed by atoms with E-state index in [0.29, 0.717) is 28.3 Å². The largest absolute Gasteiger partial charge is 0.336 e. The Balaban J connectivity index is 1.75. The molecule has 5 nitrogen and oxygen atoms in total. The van der Waals surface area contributed by atoms with Crippen LogP contribution in [0.1, 0.15) is 40.5 Å². The van der Waals surface area contributed by atoms with Crippen LogP contribution in [0.2, 0.25) is 0 Å². The van der Waals surface area contributed by atoms with Crippen molar-refractivity contribution in [3.63, 3.8) is 0 Å². The Bertz CT molecular complexity index is 964. The van der Waals surface area contributed by atoms with E-state index in [1.54, 1.807) is 13.0 Å². The van der Waals surface area contributed by atoms with E-state index < -0.39 is 17.5 Å². The van der Waals surface area contributed by atoms with Crippen LogP contribution < -0.4 is 5.32 Å². The van der Waals surface area contributed by atoms with Crippen molar-refractivity contribution in [1.82, 2.24) is 10.1 Å². The Labute approximate surface area is 135 Å². The fourth-order valence-electron chi connectivity index (χ4n) is 2.65. The number of rotatable bonds is 3. The molecule has 0 bridgehead atoms. The minimum absolute atomic E-state index is 0.172. The van der Waals surface area contributed by atoms with Gasteiger partial charge in [0, 0.05) is 23.4 Å². The van der Waals surface area contributed by atoms with Gasteiger partial charge >= 0.3 is 0 Å². The maximum absolute atomic E-state index is 13.3. The zero-order chi connectivity index (χ0) is 16.8. The number of carbonyl (C=O) groups is 1. The Morgan fingerprint density at radius 3 is 2.75 bits per heavy atom. The highest BCUT2D eigenvalue weighted by atomic mass is 19.2. The Hall–Kier alpha value is -2.83. The monoisotopic (exact) mass is 329 g/mol. The summed E-state index contributed by atoms with van der Waals surface area (Å²) < 4.78 is 31.5. The lowest BCUT2D eigenvalue weighted by Crippen LogP contribution is -2.13. The third-order valence-corrected chi connectivity index (χ3v) is 4.05. The van der Waals surface area contributed by atoms with Crippen molar-refractivity contribution >= 4 is 22.7 Å². The lowest BCUT2D eigenvalue weighted by Gasteiger charge is -2.08. The predicted octanol–water partition coefficient (Wildman–Crippen LogP) is 3.94. The number of halogens is 2. The topological polar surface area (TPSA) is 68.0 Å². The summed E-state index contributed by atoms with van der Waals surface area (Å²) >= 11 is 0. The molecule has 2 heterocycles. The van der Waals surface area contributed by atoms with Gasteiger partial charge in [-0.05, 0) is 38.0 Å². The first-order valence-corrected chi connectivity index (χ1v) is 7.56. The number of anilines is 1. The first kappa shape index (κ1) is 14.7. The first-order valence-electron chi connectivity index (χ1n) is 7.56. The van der Waals surface area contributed by atoms with Gasteiger partial charge in [-0.3, -0.25) is 4.79 Å². The molecular formula is C17H13F2N3O2. The maximum Gasteiger partial charge on any atom is 0.259 e. The van der Waals surface area contributed by atoms with E-state index in [9.17, 15) is 13.6 Å². The summed E-state index contributed by atoms with van der Waals surface area (Å²) in [6.07, 6.45) is 2.05. The van der Waals surface area contributed by atoms with Crippen molar-refractivity contribution < 1.29 is 18.1 Å². The summed E-state index contributed by atoms with van der Waals surface area (Å²) in [6, 6.07) is 4.93. The number of aryl methyl sites for hydroxylation is 1. The summed E-state index contributed by atoms with van der Waals surface area (Å²) in [5.74, 6) is -2.10. The van der Waals surface area contributed by atoms with E-state index >= 15 is 0 Å². The highest BCUT2D eigenvalue weighted by Gasteiger charge is 2.28. The van der Waals surface area contributed by atoms with Gasteiger partial charge in [0.2, 0.25) is 0 Å². The fraction of sp³-hybridized carbons (Fsp3) is 0.235. The van der Waals surface area contributed by atoms with Crippen molar-refractivity contribution in [2.75, 3.05) is 5.32 Å². The van der Waals surface area contributed by atoms with E-state index in [2.05, 4.69) is 15.5 Å². The number of benzene rings is 1. The van der Waals surface area contributed by atoms with Gasteiger partial charge in [0.25, 0.3) is 11.6 Å². The average Bonchev–Trinajstić information content (AvgIpc) is 3.34. The van der Waals surface area contributed by atoms with Gasteiger partial charge in [-0.15, -0.1) is 0 Å². The van der Waals surface area contributed by atoms with E-state index in [0.717, 1.165) is 30.7 Å². The molecule has 0 saturated heterocycles. The van der Waals surface area contributed by atoms with Gasteiger partial charge in [-0.2, -0.15) is 0 Å². The molecule has 0 spiro atoms. The molecule has 1 aromatic carbocycles. The molecule has 1 aliphatic rings. The molecule has 1 fully saturated rings. The second-order valence-electron chi connectivity index (χ2n) is 5.90. The standard InChI is InChI=1S/C17H13F2N3O2/c1-8-15-11(7-14(9-2-3-9)21-17(15)24-22-8)16(23)20-10-4-5-12(18)13(19)6-10/h4-7,9H,2-3H2,1H3,(H,20,23). The number of hydrogen-bond donors (Lipinski definition) is 1. The summed E-state index contributed by atoms with van der Waals surface area (Å²) in [4.78, 5) is 17.1. The Kier molecular flexibility index (Phi) is 3.30. The van der Waals surface area contributed by atoms with Crippen molar-refractivity contribution in [3.8, 4) is 0 Å². The van der Waals surface area contributed by atoms with Crippen molar-refractivity contribution in [3.05, 3.63) is 52.9 Å². The van der Waals surface area contributed by atoms with Crippen LogP contribution in [0.4, 0.5) is 14.5 Å². The van der Waals surface area contributed by atoms with Crippen LogP contribution in [0, 0.1) is 18.6 Å². The van der Waals surface area contributed by atoms with Gasteiger partial charge in [-0.1, -0.05) is 5.16 Å². The normalized spacial score (nSPS) is 14.1. The van der Waals surface area contributed by atoms with Crippen LogP contribution in [-0.2, 0) is 0 Å². The molecule has 1 N–H and O–H groups in total. The van der Waals surface area contributed by atoms with Crippen molar-refractivity contribution in [2.24, 2.45) is 0 Å².